The van der Waals surface area contributed by atoms with Crippen LogP contribution in [0.15, 0.2) is 78.4 Å². The van der Waals surface area contributed by atoms with Crippen LogP contribution in [0.3, 0.4) is 0 Å². The zero-order chi connectivity index (χ0) is 24.9. The Bertz CT molecular complexity index is 1420. The molecular weight excluding hydrogens is 458 g/mol. The second kappa shape index (κ2) is 10.5. The summed E-state index contributed by atoms with van der Waals surface area (Å²) in [6.45, 7) is 9.86. The minimum atomic E-state index is -0.991. The average Bonchev–Trinajstić information content (AvgIpc) is 3.22. The van der Waals surface area contributed by atoms with Gasteiger partial charge >= 0.3 is 5.97 Å². The van der Waals surface area contributed by atoms with Crippen LogP contribution < -0.4 is 4.74 Å². The second-order valence-electron chi connectivity index (χ2n) is 8.12. The summed E-state index contributed by atoms with van der Waals surface area (Å²) >= 11 is 6.97. The molecule has 0 bridgehead atoms. The number of fused-ring (bicyclic) bond motifs is 1. The van der Waals surface area contributed by atoms with Crippen molar-refractivity contribution in [1.82, 2.24) is 0 Å². The maximum atomic E-state index is 10.9. The molecule has 1 aliphatic carbocycles. The third-order valence-electron chi connectivity index (χ3n) is 6.11. The van der Waals surface area contributed by atoms with E-state index in [4.69, 9.17) is 28.0 Å². The van der Waals surface area contributed by atoms with Crippen molar-refractivity contribution in [3.63, 3.8) is 0 Å². The van der Waals surface area contributed by atoms with Crippen LogP contribution in [0.4, 0.5) is 5.69 Å². The molecule has 0 saturated carbocycles. The van der Waals surface area contributed by atoms with E-state index in [-0.39, 0.29) is 0 Å². The van der Waals surface area contributed by atoms with Crippen LogP contribution in [0.5, 0.6) is 5.75 Å². The summed E-state index contributed by atoms with van der Waals surface area (Å²) in [7, 11) is 1.59. The Morgan fingerprint density at radius 3 is 2.51 bits per heavy atom. The van der Waals surface area contributed by atoms with Gasteiger partial charge in [-0.05, 0) is 69.2 Å². The molecule has 0 atom stereocenters. The highest BCUT2D eigenvalue weighted by molar-refractivity contribution is 6.51. The molecule has 174 valence electrons. The van der Waals surface area contributed by atoms with Crippen molar-refractivity contribution >= 4 is 45.5 Å². The number of hydrogen-bond donors (Lipinski definition) is 1. The van der Waals surface area contributed by atoms with Crippen LogP contribution in [0.2, 0.25) is 0 Å². The highest BCUT2D eigenvalue weighted by atomic mass is 35.5. The average molecular weight is 482 g/mol. The van der Waals surface area contributed by atoms with Gasteiger partial charge in [-0.25, -0.2) is 9.64 Å². The quantitative estimate of drug-likeness (QED) is 0.212. The van der Waals surface area contributed by atoms with Gasteiger partial charge in [0.1, 0.15) is 5.75 Å². The van der Waals surface area contributed by atoms with E-state index >= 15 is 0 Å². The summed E-state index contributed by atoms with van der Waals surface area (Å²) in [5, 5.41) is 9.66. The van der Waals surface area contributed by atoms with E-state index in [2.05, 4.69) is 17.8 Å². The molecule has 3 aromatic carbocycles. The molecule has 1 aliphatic rings. The predicted octanol–water partition coefficient (Wildman–Crippen LogP) is 7.87. The Hall–Kier alpha value is -4.07. The number of allylic oxidation sites excluding steroid dienone is 3. The molecule has 3 aromatic rings. The standard InChI is InChI=1S/C30H24ClNO3/c1-4-23(25-15-14-22(35-3)18-27(25)32-2)29(20-12-9-19(10-13-20)11-16-28(33)34)26-17-21-7-5-6-8-24(21)30(26)31/h5-16,18H,4,17H2,1,3H3,(H,33,34)/b16-11+,29-23+. The Labute approximate surface area is 210 Å². The monoisotopic (exact) mass is 481 g/mol. The number of rotatable bonds is 7. The molecule has 0 saturated heterocycles. The minimum Gasteiger partial charge on any atom is -0.498 e. The molecule has 0 aromatic heterocycles. The zero-order valence-corrected chi connectivity index (χ0v) is 20.3. The molecule has 4 rings (SSSR count). The highest BCUT2D eigenvalue weighted by Crippen LogP contribution is 2.47. The fourth-order valence-electron chi connectivity index (χ4n) is 4.46. The molecule has 35 heavy (non-hydrogen) atoms. The van der Waals surface area contributed by atoms with E-state index in [0.29, 0.717) is 29.3 Å². The maximum Gasteiger partial charge on any atom is 0.328 e. The van der Waals surface area contributed by atoms with Gasteiger partial charge in [-0.2, -0.15) is 0 Å². The predicted molar refractivity (Wildman–Crippen MR) is 142 cm³/mol. The number of methoxy groups -OCH3 is 1. The van der Waals surface area contributed by atoms with Crippen molar-refractivity contribution in [2.24, 2.45) is 0 Å². The molecule has 0 aliphatic heterocycles. The SMILES string of the molecule is [C-]#[N+]c1cc(OC)ccc1/C(CC)=C(/C1=C(Cl)c2ccccc2C1)c1ccc(/C=C/C(=O)O)cc1. The number of hydrogen-bond acceptors (Lipinski definition) is 2. The Morgan fingerprint density at radius 1 is 1.14 bits per heavy atom. The van der Waals surface area contributed by atoms with Crippen LogP contribution in [-0.2, 0) is 11.2 Å². The van der Waals surface area contributed by atoms with Crippen molar-refractivity contribution in [3.8, 4) is 5.75 Å². The van der Waals surface area contributed by atoms with E-state index in [1.807, 2.05) is 54.6 Å². The number of carbonyl (C=O) groups is 1. The fraction of sp³-hybridized carbons (Fsp3) is 0.133. The van der Waals surface area contributed by atoms with Crippen LogP contribution in [0.25, 0.3) is 27.1 Å². The minimum absolute atomic E-state index is 0.520. The van der Waals surface area contributed by atoms with Gasteiger partial charge < -0.3 is 9.84 Å². The molecule has 0 radical (unpaired) electrons. The van der Waals surface area contributed by atoms with Gasteiger partial charge in [-0.15, -0.1) is 0 Å². The third-order valence-corrected chi connectivity index (χ3v) is 6.54. The maximum absolute atomic E-state index is 10.9. The van der Waals surface area contributed by atoms with Crippen molar-refractivity contribution in [2.75, 3.05) is 7.11 Å². The van der Waals surface area contributed by atoms with Crippen molar-refractivity contribution in [3.05, 3.63) is 118 Å². The first kappa shape index (κ1) is 24.1. The topological polar surface area (TPSA) is 50.9 Å². The van der Waals surface area contributed by atoms with E-state index in [1.165, 1.54) is 5.56 Å². The van der Waals surface area contributed by atoms with Crippen molar-refractivity contribution in [1.29, 1.82) is 0 Å². The number of benzene rings is 3. The Kier molecular flexibility index (Phi) is 7.19. The summed E-state index contributed by atoms with van der Waals surface area (Å²) in [6.07, 6.45) is 4.07. The Morgan fingerprint density at radius 2 is 1.89 bits per heavy atom. The number of ether oxygens (including phenoxy) is 1. The van der Waals surface area contributed by atoms with E-state index < -0.39 is 5.97 Å². The molecule has 5 heteroatoms. The van der Waals surface area contributed by atoms with Gasteiger partial charge in [0.25, 0.3) is 0 Å². The molecule has 0 spiro atoms. The number of carboxylic acid groups (broad SMARTS) is 1. The number of carboxylic acids is 1. The van der Waals surface area contributed by atoms with Crippen molar-refractivity contribution < 1.29 is 14.6 Å². The molecule has 0 heterocycles. The summed E-state index contributed by atoms with van der Waals surface area (Å²) in [6, 6.07) is 21.4. The molecule has 0 fully saturated rings. The van der Waals surface area contributed by atoms with E-state index in [9.17, 15) is 4.79 Å². The lowest BCUT2D eigenvalue weighted by Crippen LogP contribution is -1.98. The number of nitrogens with zero attached hydrogens (tertiary/aromatic N) is 1. The molecule has 0 amide bonds. The number of halogens is 1. The van der Waals surface area contributed by atoms with Crippen LogP contribution >= 0.6 is 11.6 Å². The van der Waals surface area contributed by atoms with Crippen LogP contribution in [0.1, 0.15) is 41.2 Å². The lowest BCUT2D eigenvalue weighted by molar-refractivity contribution is -0.131. The summed E-state index contributed by atoms with van der Waals surface area (Å²) in [4.78, 5) is 14.7. The summed E-state index contributed by atoms with van der Waals surface area (Å²) in [5.74, 6) is -0.355. The van der Waals surface area contributed by atoms with E-state index in [0.717, 1.165) is 45.0 Å². The smallest absolute Gasteiger partial charge is 0.328 e. The van der Waals surface area contributed by atoms with E-state index in [1.54, 1.807) is 19.3 Å². The lowest BCUT2D eigenvalue weighted by Gasteiger charge is -2.19. The first-order valence-corrected chi connectivity index (χ1v) is 11.6. The van der Waals surface area contributed by atoms with Gasteiger partial charge in [-0.1, -0.05) is 73.1 Å². The highest BCUT2D eigenvalue weighted by Gasteiger charge is 2.26. The normalized spacial score (nSPS) is 13.4. The summed E-state index contributed by atoms with van der Waals surface area (Å²) in [5.41, 5.74) is 8.35. The molecule has 4 nitrogen and oxygen atoms in total. The third kappa shape index (κ3) is 4.91. The second-order valence-corrected chi connectivity index (χ2v) is 8.50. The Balaban J connectivity index is 1.95. The first-order valence-electron chi connectivity index (χ1n) is 11.2. The summed E-state index contributed by atoms with van der Waals surface area (Å²) < 4.78 is 5.34. The van der Waals surface area contributed by atoms with Gasteiger partial charge in [0.05, 0.1) is 18.7 Å². The van der Waals surface area contributed by atoms with Crippen molar-refractivity contribution in [2.45, 2.75) is 19.8 Å². The van der Waals surface area contributed by atoms with Gasteiger partial charge in [0.15, 0.2) is 5.69 Å². The van der Waals surface area contributed by atoms with Crippen LogP contribution in [0, 0.1) is 6.57 Å². The van der Waals surface area contributed by atoms with Gasteiger partial charge in [-0.3, -0.25) is 0 Å². The fourth-order valence-corrected chi connectivity index (χ4v) is 4.81. The van der Waals surface area contributed by atoms with Gasteiger partial charge in [0, 0.05) is 12.5 Å². The lowest BCUT2D eigenvalue weighted by atomic mass is 9.86. The molecule has 1 N–H and O–H groups in total. The van der Waals surface area contributed by atoms with Gasteiger partial charge in [0.2, 0.25) is 0 Å². The first-order chi connectivity index (χ1) is 17.0. The zero-order valence-electron chi connectivity index (χ0n) is 19.5. The molecular formula is C30H24ClNO3. The largest absolute Gasteiger partial charge is 0.498 e. The molecule has 0 unspecified atom stereocenters. The van der Waals surface area contributed by atoms with Crippen LogP contribution in [-0.4, -0.2) is 18.2 Å². The number of aliphatic carboxylic acids is 1.